The summed E-state index contributed by atoms with van der Waals surface area (Å²) in [5.74, 6) is 6.31. The lowest BCUT2D eigenvalue weighted by atomic mass is 9.77. The van der Waals surface area contributed by atoms with E-state index in [0.717, 1.165) is 60.4 Å². The molecule has 0 saturated heterocycles. The Labute approximate surface area is 427 Å². The van der Waals surface area contributed by atoms with Crippen molar-refractivity contribution in [3.05, 3.63) is 203 Å². The van der Waals surface area contributed by atoms with Crippen molar-refractivity contribution in [1.29, 1.82) is 0 Å². The van der Waals surface area contributed by atoms with E-state index in [4.69, 9.17) is 9.47 Å². The lowest BCUT2D eigenvalue weighted by Crippen LogP contribution is -2.36. The van der Waals surface area contributed by atoms with Gasteiger partial charge in [-0.1, -0.05) is 108 Å². The largest absolute Gasteiger partial charge is 0.493 e. The van der Waals surface area contributed by atoms with Gasteiger partial charge < -0.3 is 14.4 Å². The van der Waals surface area contributed by atoms with Gasteiger partial charge >= 0.3 is 0 Å². The number of hydrogen-bond acceptors (Lipinski definition) is 9. The van der Waals surface area contributed by atoms with Crippen LogP contribution in [-0.4, -0.2) is 42.8 Å². The second-order valence-corrected chi connectivity index (χ2v) is 23.6. The maximum Gasteiger partial charge on any atom is 0.263 e. The third kappa shape index (κ3) is 12.6. The third-order valence-electron chi connectivity index (χ3n) is 12.1. The molecule has 0 fully saturated rings. The van der Waals surface area contributed by atoms with Crippen molar-refractivity contribution in [1.82, 2.24) is 0 Å². The van der Waals surface area contributed by atoms with E-state index in [9.17, 15) is 0 Å². The summed E-state index contributed by atoms with van der Waals surface area (Å²) in [5.41, 5.74) is 6.87. The Kier molecular flexibility index (Phi) is 16.4. The summed E-state index contributed by atoms with van der Waals surface area (Å²) in [5, 5.41) is 2.61. The molecule has 2 aliphatic carbocycles. The highest BCUT2D eigenvalue weighted by Crippen LogP contribution is 2.49. The van der Waals surface area contributed by atoms with Gasteiger partial charge in [0.05, 0.1) is 29.7 Å². The van der Waals surface area contributed by atoms with Gasteiger partial charge in [-0.15, -0.1) is 47.0 Å². The summed E-state index contributed by atoms with van der Waals surface area (Å²) in [6.07, 6.45) is 14.6. The first kappa shape index (κ1) is 47.0. The minimum atomic E-state index is 0.609. The normalized spacial score (nSPS) is 16.7. The summed E-state index contributed by atoms with van der Waals surface area (Å²) in [6.45, 7) is 3.21. The van der Waals surface area contributed by atoms with Crippen molar-refractivity contribution < 1.29 is 14.0 Å². The van der Waals surface area contributed by atoms with Crippen LogP contribution >= 0.6 is 70.1 Å². The van der Waals surface area contributed by atoms with Gasteiger partial charge in [0.15, 0.2) is 6.54 Å². The Morgan fingerprint density at radius 3 is 1.81 bits per heavy atom. The summed E-state index contributed by atoms with van der Waals surface area (Å²) >= 11 is 11.3. The summed E-state index contributed by atoms with van der Waals surface area (Å²) in [6, 6.07) is 56.0. The fourth-order valence-corrected chi connectivity index (χ4v) is 14.4. The highest BCUT2D eigenvalue weighted by Gasteiger charge is 2.29. The number of aryl methyl sites for hydroxylation is 1. The van der Waals surface area contributed by atoms with E-state index in [0.29, 0.717) is 19.1 Å². The predicted molar refractivity (Wildman–Crippen MR) is 296 cm³/mol. The van der Waals surface area contributed by atoms with Crippen LogP contribution in [0.3, 0.4) is 0 Å². The molecule has 1 aromatic heterocycles. The number of thioether (sulfide) groups is 5. The van der Waals surface area contributed by atoms with Crippen LogP contribution in [0.5, 0.6) is 11.5 Å². The number of thiazole rings is 1. The Morgan fingerprint density at radius 1 is 0.588 bits per heavy atom. The van der Waals surface area contributed by atoms with E-state index in [1.807, 2.05) is 70.1 Å². The van der Waals surface area contributed by atoms with Crippen LogP contribution in [0.1, 0.15) is 30.7 Å². The Morgan fingerprint density at radius 2 is 1.16 bits per heavy atom. The molecule has 68 heavy (non-hydrogen) atoms. The quantitative estimate of drug-likeness (QED) is 0.0423. The predicted octanol–water partition coefficient (Wildman–Crippen LogP) is 16.0. The molecule has 6 aromatic carbocycles. The monoisotopic (exact) mass is 1000 g/mol. The van der Waals surface area contributed by atoms with Gasteiger partial charge in [-0.3, -0.25) is 0 Å². The number of benzene rings is 6. The molecule has 10 rings (SSSR count). The molecule has 0 radical (unpaired) electrons. The van der Waals surface area contributed by atoms with Crippen LogP contribution < -0.4 is 18.9 Å². The standard InChI is InChI=1S/C58H55N2O2S6/c1-5-13-49(14-6-1)63-33-29-59-53-27-25-47(61-31-35-65-51-17-9-3-10-18-51)41-55(53)67-57(59)39-43-21-23-45-24-22-44(38-46(45)37-43)40-58-60(30-34-64-50-15-7-2-8-16-50)54-28-26-48(42-56(54)68-58)62-32-36-66-52-19-11-4-12-20-52/h1-20,25-28,37-42,45H,21-24,29-36H2/q+1. The van der Waals surface area contributed by atoms with Crippen molar-refractivity contribution in [2.45, 2.75) is 56.7 Å². The van der Waals surface area contributed by atoms with E-state index in [1.165, 1.54) is 80.0 Å². The zero-order chi connectivity index (χ0) is 45.7. The smallest absolute Gasteiger partial charge is 0.263 e. The van der Waals surface area contributed by atoms with Crippen molar-refractivity contribution in [3.63, 3.8) is 0 Å². The molecule has 1 atom stereocenters. The first-order valence-corrected chi connectivity index (χ1v) is 29.1. The highest BCUT2D eigenvalue weighted by molar-refractivity contribution is 8.03. The first-order valence-electron chi connectivity index (χ1n) is 23.5. The van der Waals surface area contributed by atoms with Gasteiger partial charge in [-0.2, -0.15) is 4.57 Å². The number of aromatic nitrogens is 1. The number of fused-ring (bicyclic) bond motifs is 3. The van der Waals surface area contributed by atoms with Gasteiger partial charge in [0.25, 0.3) is 5.01 Å². The third-order valence-corrected chi connectivity index (χ3v) is 18.3. The van der Waals surface area contributed by atoms with Gasteiger partial charge in [-0.05, 0) is 127 Å². The minimum Gasteiger partial charge on any atom is -0.493 e. The Hall–Kier alpha value is -4.68. The molecule has 344 valence electrons. The van der Waals surface area contributed by atoms with E-state index in [2.05, 4.69) is 191 Å². The first-order chi connectivity index (χ1) is 33.7. The average molecular weight is 1000 g/mol. The molecule has 0 bridgehead atoms. The molecule has 10 heteroatoms. The van der Waals surface area contributed by atoms with Crippen molar-refractivity contribution >= 4 is 92.1 Å². The minimum absolute atomic E-state index is 0.609. The molecule has 0 spiro atoms. The zero-order valence-electron chi connectivity index (χ0n) is 38.0. The molecule has 3 aliphatic rings. The van der Waals surface area contributed by atoms with Gasteiger partial charge in [0.2, 0.25) is 5.52 Å². The summed E-state index contributed by atoms with van der Waals surface area (Å²) < 4.78 is 16.4. The Bertz CT molecular complexity index is 2900. The van der Waals surface area contributed by atoms with Gasteiger partial charge in [0, 0.05) is 66.5 Å². The highest BCUT2D eigenvalue weighted by atomic mass is 32.2. The van der Waals surface area contributed by atoms with Crippen LogP contribution in [0.25, 0.3) is 16.3 Å². The summed E-state index contributed by atoms with van der Waals surface area (Å²) in [7, 11) is 0. The molecular weight excluding hydrogens is 949 g/mol. The Balaban J connectivity index is 0.872. The van der Waals surface area contributed by atoms with Crippen LogP contribution in [0.2, 0.25) is 0 Å². The molecule has 4 nitrogen and oxygen atoms in total. The van der Waals surface area contributed by atoms with Crippen LogP contribution in [0.4, 0.5) is 5.69 Å². The fraction of sp³-hybridized carbons (Fsp3) is 0.224. The van der Waals surface area contributed by atoms with Crippen LogP contribution in [0, 0.1) is 5.92 Å². The topological polar surface area (TPSA) is 25.6 Å². The summed E-state index contributed by atoms with van der Waals surface area (Å²) in [4.78, 5) is 8.98. The number of rotatable bonds is 20. The lowest BCUT2D eigenvalue weighted by Gasteiger charge is -2.28. The van der Waals surface area contributed by atoms with Gasteiger partial charge in [0.1, 0.15) is 16.2 Å². The van der Waals surface area contributed by atoms with E-state index < -0.39 is 0 Å². The number of ether oxygens (including phenoxy) is 2. The van der Waals surface area contributed by atoms with Gasteiger partial charge in [-0.25, -0.2) is 0 Å². The molecule has 7 aromatic rings. The second kappa shape index (κ2) is 23.8. The number of anilines is 1. The number of nitrogens with zero attached hydrogens (tertiary/aromatic N) is 2. The molecule has 1 unspecified atom stereocenters. The molecule has 1 aliphatic heterocycles. The maximum absolute atomic E-state index is 6.31. The van der Waals surface area contributed by atoms with Crippen molar-refractivity contribution in [2.75, 3.05) is 47.7 Å². The van der Waals surface area contributed by atoms with E-state index in [1.54, 1.807) is 0 Å². The van der Waals surface area contributed by atoms with Crippen molar-refractivity contribution in [3.8, 4) is 11.5 Å². The SMILES string of the molecule is C1=C(C=C2Sc3cc(OCCSc4ccccc4)ccc3N2CCSc2ccccc2)CCC2CCC(=Cc3sc4cc(OCCSc5ccccc5)ccc4[n+]3CCSc3ccccc3)C=C12. The molecular formula is C58H55N2O2S6+. The number of allylic oxidation sites excluding steroid dienone is 6. The number of hydrogen-bond donors (Lipinski definition) is 0. The second-order valence-electron chi connectivity index (χ2n) is 16.8. The van der Waals surface area contributed by atoms with Crippen molar-refractivity contribution in [2.24, 2.45) is 5.92 Å². The average Bonchev–Trinajstić information content (AvgIpc) is 3.90. The fourth-order valence-electron chi connectivity index (χ4n) is 8.80. The maximum atomic E-state index is 6.31. The molecule has 0 saturated carbocycles. The van der Waals surface area contributed by atoms with Crippen LogP contribution in [0.15, 0.2) is 222 Å². The van der Waals surface area contributed by atoms with E-state index >= 15 is 0 Å². The van der Waals surface area contributed by atoms with E-state index in [-0.39, 0.29) is 0 Å². The molecule has 0 amide bonds. The van der Waals surface area contributed by atoms with Crippen LogP contribution in [-0.2, 0) is 6.54 Å². The lowest BCUT2D eigenvalue weighted by molar-refractivity contribution is -0.664. The zero-order valence-corrected chi connectivity index (χ0v) is 42.9. The molecule has 0 N–H and O–H groups in total. The molecule has 2 heterocycles.